The van der Waals surface area contributed by atoms with E-state index in [9.17, 15) is 4.79 Å². The Hall–Kier alpha value is -2.51. The van der Waals surface area contributed by atoms with E-state index in [1.165, 1.54) is 11.3 Å². The predicted molar refractivity (Wildman–Crippen MR) is 131 cm³/mol. The summed E-state index contributed by atoms with van der Waals surface area (Å²) in [5.74, 6) is 0.563. The summed E-state index contributed by atoms with van der Waals surface area (Å²) in [6, 6.07) is 12.6. The standard InChI is InChI=1S/C23H18Cl3N3O2S/c1-14-6-17(24)4-5-21(14)31-12-15-7-22(32-13-15)23(30)28-19-9-27-29(11-19)10-16-2-3-18(25)8-20(16)26/h2-9,11,13H,10,12H2,1H3,(H,28,30). The van der Waals surface area contributed by atoms with Crippen molar-refractivity contribution in [2.45, 2.75) is 20.1 Å². The first-order valence-corrected chi connectivity index (χ1v) is 11.6. The number of nitrogens with zero attached hydrogens (tertiary/aromatic N) is 2. The summed E-state index contributed by atoms with van der Waals surface area (Å²) in [7, 11) is 0. The zero-order valence-corrected chi connectivity index (χ0v) is 20.0. The molecule has 2 aromatic heterocycles. The number of halogens is 3. The van der Waals surface area contributed by atoms with E-state index < -0.39 is 0 Å². The molecule has 164 valence electrons. The number of carbonyl (C=O) groups excluding carboxylic acids is 1. The number of thiophene rings is 1. The van der Waals surface area contributed by atoms with Gasteiger partial charge >= 0.3 is 0 Å². The second-order valence-electron chi connectivity index (χ2n) is 7.13. The number of amides is 1. The topological polar surface area (TPSA) is 56.1 Å². The number of ether oxygens (including phenoxy) is 1. The molecule has 2 heterocycles. The van der Waals surface area contributed by atoms with Crippen molar-refractivity contribution in [2.75, 3.05) is 5.32 Å². The van der Waals surface area contributed by atoms with Crippen LogP contribution in [0.5, 0.6) is 5.75 Å². The SMILES string of the molecule is Cc1cc(Cl)ccc1OCc1csc(C(=O)Nc2cnn(Cc3ccc(Cl)cc3Cl)c2)c1. The van der Waals surface area contributed by atoms with Gasteiger partial charge in [0.1, 0.15) is 12.4 Å². The van der Waals surface area contributed by atoms with Gasteiger partial charge in [0.2, 0.25) is 0 Å². The third-order valence-electron chi connectivity index (χ3n) is 4.65. The first kappa shape index (κ1) is 22.7. The molecule has 0 unspecified atom stereocenters. The molecule has 5 nitrogen and oxygen atoms in total. The maximum Gasteiger partial charge on any atom is 0.265 e. The highest BCUT2D eigenvalue weighted by molar-refractivity contribution is 7.12. The van der Waals surface area contributed by atoms with Gasteiger partial charge in [0.25, 0.3) is 5.91 Å². The molecule has 1 N–H and O–H groups in total. The van der Waals surface area contributed by atoms with Crippen LogP contribution in [0, 0.1) is 6.92 Å². The van der Waals surface area contributed by atoms with Crippen LogP contribution in [-0.4, -0.2) is 15.7 Å². The molecule has 32 heavy (non-hydrogen) atoms. The minimum absolute atomic E-state index is 0.201. The van der Waals surface area contributed by atoms with E-state index in [2.05, 4.69) is 10.4 Å². The van der Waals surface area contributed by atoms with Gasteiger partial charge in [-0.1, -0.05) is 40.9 Å². The Morgan fingerprint density at radius 1 is 1.12 bits per heavy atom. The monoisotopic (exact) mass is 505 g/mol. The van der Waals surface area contributed by atoms with Crippen LogP contribution < -0.4 is 10.1 Å². The van der Waals surface area contributed by atoms with Gasteiger partial charge in [-0.2, -0.15) is 5.10 Å². The Labute approximate surface area is 204 Å². The highest BCUT2D eigenvalue weighted by Gasteiger charge is 2.12. The van der Waals surface area contributed by atoms with Crippen LogP contribution in [0.3, 0.4) is 0 Å². The fraction of sp³-hybridized carbons (Fsp3) is 0.130. The number of aryl methyl sites for hydroxylation is 1. The van der Waals surface area contributed by atoms with Crippen LogP contribution in [0.1, 0.15) is 26.4 Å². The average Bonchev–Trinajstić information content (AvgIpc) is 3.39. The summed E-state index contributed by atoms with van der Waals surface area (Å²) in [6.45, 7) is 2.78. The first-order chi connectivity index (χ1) is 15.4. The first-order valence-electron chi connectivity index (χ1n) is 9.61. The molecule has 0 radical (unpaired) electrons. The predicted octanol–water partition coefficient (Wildman–Crippen LogP) is 7.09. The molecule has 0 aliphatic heterocycles. The number of carbonyl (C=O) groups is 1. The van der Waals surface area contributed by atoms with Gasteiger partial charge in [0.05, 0.1) is 23.3 Å². The number of hydrogen-bond acceptors (Lipinski definition) is 4. The summed E-state index contributed by atoms with van der Waals surface area (Å²) < 4.78 is 7.55. The number of hydrogen-bond donors (Lipinski definition) is 1. The lowest BCUT2D eigenvalue weighted by molar-refractivity contribution is 0.103. The van der Waals surface area contributed by atoms with Gasteiger partial charge in [-0.15, -0.1) is 11.3 Å². The summed E-state index contributed by atoms with van der Waals surface area (Å²) >= 11 is 19.5. The van der Waals surface area contributed by atoms with Crippen molar-refractivity contribution < 1.29 is 9.53 Å². The van der Waals surface area contributed by atoms with Gasteiger partial charge in [0, 0.05) is 26.8 Å². The summed E-state index contributed by atoms with van der Waals surface area (Å²) in [6.07, 6.45) is 3.35. The minimum atomic E-state index is -0.201. The van der Waals surface area contributed by atoms with Crippen molar-refractivity contribution in [1.29, 1.82) is 0 Å². The Morgan fingerprint density at radius 3 is 2.69 bits per heavy atom. The molecule has 0 aliphatic rings. The van der Waals surface area contributed by atoms with E-state index >= 15 is 0 Å². The Morgan fingerprint density at radius 2 is 1.91 bits per heavy atom. The van der Waals surface area contributed by atoms with Gasteiger partial charge < -0.3 is 10.1 Å². The van der Waals surface area contributed by atoms with E-state index in [4.69, 9.17) is 39.5 Å². The van der Waals surface area contributed by atoms with Crippen molar-refractivity contribution >= 4 is 57.7 Å². The van der Waals surface area contributed by atoms with E-state index in [1.807, 2.05) is 36.6 Å². The normalized spacial score (nSPS) is 10.9. The molecule has 0 saturated heterocycles. The molecule has 9 heteroatoms. The summed E-state index contributed by atoms with van der Waals surface area (Å²) in [5.41, 5.74) is 3.36. The fourth-order valence-electron chi connectivity index (χ4n) is 3.04. The van der Waals surface area contributed by atoms with Crippen LogP contribution in [0.15, 0.2) is 60.2 Å². The number of aromatic nitrogens is 2. The summed E-state index contributed by atoms with van der Waals surface area (Å²) in [5, 5.41) is 10.9. The lowest BCUT2D eigenvalue weighted by atomic mass is 10.2. The van der Waals surface area contributed by atoms with Crippen LogP contribution in [0.4, 0.5) is 5.69 Å². The highest BCUT2D eigenvalue weighted by atomic mass is 35.5. The quantitative estimate of drug-likeness (QED) is 0.291. The molecule has 0 aliphatic carbocycles. The van der Waals surface area contributed by atoms with E-state index in [0.29, 0.717) is 38.8 Å². The zero-order chi connectivity index (χ0) is 22.7. The third-order valence-corrected chi connectivity index (χ3v) is 6.45. The Balaban J connectivity index is 1.35. The lowest BCUT2D eigenvalue weighted by Gasteiger charge is -2.08. The van der Waals surface area contributed by atoms with Crippen LogP contribution >= 0.6 is 46.1 Å². The van der Waals surface area contributed by atoms with Crippen molar-refractivity contribution in [2.24, 2.45) is 0 Å². The molecular formula is C23H18Cl3N3O2S. The van der Waals surface area contributed by atoms with Crippen LogP contribution in [0.2, 0.25) is 15.1 Å². The molecular weight excluding hydrogens is 489 g/mol. The van der Waals surface area contributed by atoms with Gasteiger partial charge in [-0.25, -0.2) is 0 Å². The second kappa shape index (κ2) is 9.96. The molecule has 2 aromatic carbocycles. The van der Waals surface area contributed by atoms with E-state index in [-0.39, 0.29) is 5.91 Å². The number of rotatable bonds is 7. The van der Waals surface area contributed by atoms with E-state index in [0.717, 1.165) is 22.4 Å². The Kier molecular flexibility index (Phi) is 7.06. The zero-order valence-electron chi connectivity index (χ0n) is 16.9. The molecule has 1 amide bonds. The van der Waals surface area contributed by atoms with Crippen LogP contribution in [-0.2, 0) is 13.2 Å². The van der Waals surface area contributed by atoms with Crippen molar-refractivity contribution in [1.82, 2.24) is 9.78 Å². The van der Waals surface area contributed by atoms with Gasteiger partial charge in [0.15, 0.2) is 0 Å². The third kappa shape index (κ3) is 5.64. The Bertz CT molecular complexity index is 1270. The minimum Gasteiger partial charge on any atom is -0.489 e. The maximum absolute atomic E-state index is 12.6. The average molecular weight is 507 g/mol. The van der Waals surface area contributed by atoms with Crippen molar-refractivity contribution in [3.8, 4) is 5.75 Å². The van der Waals surface area contributed by atoms with E-state index in [1.54, 1.807) is 35.3 Å². The lowest BCUT2D eigenvalue weighted by Crippen LogP contribution is -2.09. The molecule has 4 aromatic rings. The molecule has 0 bridgehead atoms. The number of benzene rings is 2. The fourth-order valence-corrected chi connectivity index (χ4v) is 4.52. The molecule has 0 saturated carbocycles. The van der Waals surface area contributed by atoms with Crippen molar-refractivity contribution in [3.05, 3.63) is 96.9 Å². The maximum atomic E-state index is 12.6. The highest BCUT2D eigenvalue weighted by Crippen LogP contribution is 2.25. The number of nitrogens with one attached hydrogen (secondary N) is 1. The smallest absolute Gasteiger partial charge is 0.265 e. The molecule has 0 atom stereocenters. The summed E-state index contributed by atoms with van der Waals surface area (Å²) in [4.78, 5) is 13.2. The molecule has 0 spiro atoms. The molecule has 0 fully saturated rings. The van der Waals surface area contributed by atoms with Crippen LogP contribution in [0.25, 0.3) is 0 Å². The van der Waals surface area contributed by atoms with Crippen molar-refractivity contribution in [3.63, 3.8) is 0 Å². The van der Waals surface area contributed by atoms with Gasteiger partial charge in [-0.3, -0.25) is 9.48 Å². The number of anilines is 1. The second-order valence-corrected chi connectivity index (χ2v) is 9.33. The molecule has 4 rings (SSSR count). The largest absolute Gasteiger partial charge is 0.489 e. The van der Waals surface area contributed by atoms with Gasteiger partial charge in [-0.05, 0) is 59.8 Å².